The minimum Gasteiger partial charge on any atom is -0.506 e. The van der Waals surface area contributed by atoms with Gasteiger partial charge in [0.15, 0.2) is 10.9 Å². The highest BCUT2D eigenvalue weighted by Gasteiger charge is 2.52. The van der Waals surface area contributed by atoms with Gasteiger partial charge in [-0.25, -0.2) is 19.7 Å². The van der Waals surface area contributed by atoms with Crippen LogP contribution in [0.15, 0.2) is 42.6 Å². The molecule has 0 radical (unpaired) electrons. The summed E-state index contributed by atoms with van der Waals surface area (Å²) in [6, 6.07) is 8.40. The Bertz CT molecular complexity index is 1730. The number of amides is 2. The van der Waals surface area contributed by atoms with E-state index < -0.39 is 23.2 Å². The van der Waals surface area contributed by atoms with Gasteiger partial charge < -0.3 is 20.2 Å². The Labute approximate surface area is 257 Å². The van der Waals surface area contributed by atoms with Crippen LogP contribution in [0, 0.1) is 12.3 Å². The van der Waals surface area contributed by atoms with Crippen LogP contribution in [0.2, 0.25) is 0 Å². The van der Waals surface area contributed by atoms with Gasteiger partial charge in [-0.1, -0.05) is 32.1 Å². The molecule has 44 heavy (non-hydrogen) atoms. The number of carbonyl (C=O) groups is 1. The van der Waals surface area contributed by atoms with Gasteiger partial charge in [0.2, 0.25) is 0 Å². The number of anilines is 4. The second kappa shape index (κ2) is 10.9. The predicted octanol–water partition coefficient (Wildman–Crippen LogP) is 7.29. The first-order valence-corrected chi connectivity index (χ1v) is 15.2. The minimum atomic E-state index is -4.61. The quantitative estimate of drug-likeness (QED) is 0.219. The molecule has 4 aromatic rings. The number of benzene rings is 1. The van der Waals surface area contributed by atoms with Crippen molar-refractivity contribution in [2.75, 3.05) is 41.7 Å². The molecule has 13 heteroatoms. The lowest BCUT2D eigenvalue weighted by Gasteiger charge is -2.42. The number of phenolic OH excluding ortho intramolecular Hbond substituents is 1. The van der Waals surface area contributed by atoms with Crippen molar-refractivity contribution in [3.8, 4) is 5.75 Å². The van der Waals surface area contributed by atoms with Crippen molar-refractivity contribution < 1.29 is 23.1 Å². The number of rotatable bonds is 4. The van der Waals surface area contributed by atoms with Crippen LogP contribution in [0.25, 0.3) is 10.3 Å². The number of urea groups is 1. The lowest BCUT2D eigenvalue weighted by molar-refractivity contribution is -0.138. The maximum atomic E-state index is 14.5. The number of pyridine rings is 2. The monoisotopic (exact) mass is 625 g/mol. The molecule has 2 aliphatic heterocycles. The van der Waals surface area contributed by atoms with Crippen LogP contribution in [-0.4, -0.2) is 57.2 Å². The summed E-state index contributed by atoms with van der Waals surface area (Å²) in [5, 5.41) is 16.9. The zero-order valence-electron chi connectivity index (χ0n) is 24.9. The SMILES string of the molecule is Cc1ccc2nc(NC(=O)Nc3cccnc3N3CC4(CCN(CC(C)(C)C)CC4)c4c(C(F)(F)F)ccc(O)c43)sc2n1. The number of aryl methyl sites for hydroxylation is 1. The van der Waals surface area contributed by atoms with Gasteiger partial charge in [0.25, 0.3) is 0 Å². The highest BCUT2D eigenvalue weighted by Crippen LogP contribution is 2.57. The number of nitrogens with zero attached hydrogens (tertiary/aromatic N) is 5. The van der Waals surface area contributed by atoms with E-state index in [4.69, 9.17) is 0 Å². The smallest absolute Gasteiger partial charge is 0.416 e. The summed E-state index contributed by atoms with van der Waals surface area (Å²) in [6.45, 7) is 10.6. The summed E-state index contributed by atoms with van der Waals surface area (Å²) >= 11 is 1.23. The van der Waals surface area contributed by atoms with E-state index in [9.17, 15) is 23.1 Å². The highest BCUT2D eigenvalue weighted by molar-refractivity contribution is 7.21. The molecule has 232 valence electrons. The summed E-state index contributed by atoms with van der Waals surface area (Å²) in [6.07, 6.45) is -2.12. The van der Waals surface area contributed by atoms with E-state index in [1.165, 1.54) is 17.5 Å². The maximum Gasteiger partial charge on any atom is 0.416 e. The summed E-state index contributed by atoms with van der Waals surface area (Å²) < 4.78 is 43.5. The van der Waals surface area contributed by atoms with Crippen molar-refractivity contribution in [1.82, 2.24) is 19.9 Å². The molecule has 0 unspecified atom stereocenters. The molecule has 6 rings (SSSR count). The molecule has 1 spiro atoms. The Hall–Kier alpha value is -3.97. The fourth-order valence-electron chi connectivity index (χ4n) is 6.41. The maximum absolute atomic E-state index is 14.5. The van der Waals surface area contributed by atoms with Gasteiger partial charge >= 0.3 is 12.2 Å². The van der Waals surface area contributed by atoms with Crippen molar-refractivity contribution in [1.29, 1.82) is 0 Å². The van der Waals surface area contributed by atoms with E-state index in [1.54, 1.807) is 17.0 Å². The zero-order chi connectivity index (χ0) is 31.4. The molecule has 3 N–H and O–H groups in total. The van der Waals surface area contributed by atoms with Gasteiger partial charge in [0, 0.05) is 30.4 Å². The first kappa shape index (κ1) is 30.1. The molecule has 0 atom stereocenters. The van der Waals surface area contributed by atoms with Crippen molar-refractivity contribution in [2.24, 2.45) is 5.41 Å². The number of halogens is 3. The van der Waals surface area contributed by atoms with Crippen molar-refractivity contribution in [2.45, 2.75) is 52.1 Å². The molecule has 1 fully saturated rings. The largest absolute Gasteiger partial charge is 0.506 e. The molecule has 2 amide bonds. The van der Waals surface area contributed by atoms with Crippen LogP contribution in [0.1, 0.15) is 50.4 Å². The van der Waals surface area contributed by atoms with E-state index in [1.807, 2.05) is 19.1 Å². The first-order valence-electron chi connectivity index (χ1n) is 14.4. The second-order valence-electron chi connectivity index (χ2n) is 12.8. The average molecular weight is 626 g/mol. The number of hydrogen-bond donors (Lipinski definition) is 3. The number of alkyl halides is 3. The molecular weight excluding hydrogens is 591 g/mol. The Balaban J connectivity index is 1.33. The molecule has 5 heterocycles. The van der Waals surface area contributed by atoms with Gasteiger partial charge in [-0.15, -0.1) is 0 Å². The molecule has 2 aliphatic rings. The fraction of sp³-hybridized carbons (Fsp3) is 0.419. The summed E-state index contributed by atoms with van der Waals surface area (Å²) in [5.74, 6) is -0.0190. The number of hydrogen-bond acceptors (Lipinski definition) is 8. The van der Waals surface area contributed by atoms with Crippen molar-refractivity contribution in [3.63, 3.8) is 0 Å². The Morgan fingerprint density at radius 3 is 2.52 bits per heavy atom. The van der Waals surface area contributed by atoms with Crippen LogP contribution in [0.4, 0.5) is 40.3 Å². The normalized spacial score (nSPS) is 16.8. The molecule has 0 bridgehead atoms. The number of likely N-dealkylation sites (tertiary alicyclic amines) is 1. The molecule has 3 aromatic heterocycles. The lowest BCUT2D eigenvalue weighted by atomic mass is 9.72. The van der Waals surface area contributed by atoms with E-state index >= 15 is 0 Å². The standard InChI is InChI=1S/C31H34F3N7O2S/c1-18-7-9-21-26(36-18)44-28(38-21)39-27(43)37-20-6-5-13-35-25(20)41-17-30(11-14-40(15-12-30)16-29(2,3)4)23-19(31(32,33)34)8-10-22(42)24(23)41/h5-10,13,42H,11-12,14-17H2,1-4H3,(H2,37,38,39,43). The van der Waals surface area contributed by atoms with E-state index in [0.717, 1.165) is 24.4 Å². The minimum absolute atomic E-state index is 0.0510. The third-order valence-corrected chi connectivity index (χ3v) is 9.02. The van der Waals surface area contributed by atoms with Crippen LogP contribution in [0.3, 0.4) is 0 Å². The average Bonchev–Trinajstić information content (AvgIpc) is 3.48. The van der Waals surface area contributed by atoms with Crippen LogP contribution >= 0.6 is 11.3 Å². The molecular formula is C31H34F3N7O2S. The summed E-state index contributed by atoms with van der Waals surface area (Å²) in [4.78, 5) is 31.1. The van der Waals surface area contributed by atoms with E-state index in [2.05, 4.69) is 51.3 Å². The summed E-state index contributed by atoms with van der Waals surface area (Å²) in [5.41, 5.74) is 0.382. The van der Waals surface area contributed by atoms with Crippen LogP contribution in [0.5, 0.6) is 5.75 Å². The van der Waals surface area contributed by atoms with Gasteiger partial charge in [-0.05, 0) is 80.2 Å². The van der Waals surface area contributed by atoms with E-state index in [-0.39, 0.29) is 40.5 Å². The van der Waals surface area contributed by atoms with Gasteiger partial charge in [-0.2, -0.15) is 13.2 Å². The van der Waals surface area contributed by atoms with Crippen molar-refractivity contribution in [3.05, 3.63) is 59.4 Å². The third-order valence-electron chi connectivity index (χ3n) is 8.14. The number of thiazole rings is 1. The number of nitrogens with one attached hydrogen (secondary N) is 2. The number of carbonyl (C=O) groups excluding carboxylic acids is 1. The molecule has 1 aromatic carbocycles. The number of phenols is 1. The predicted molar refractivity (Wildman–Crippen MR) is 166 cm³/mol. The van der Waals surface area contributed by atoms with Crippen LogP contribution in [-0.2, 0) is 11.6 Å². The number of fused-ring (bicyclic) bond motifs is 3. The topological polar surface area (TPSA) is 107 Å². The summed E-state index contributed by atoms with van der Waals surface area (Å²) in [7, 11) is 0. The number of aromatic nitrogens is 3. The Morgan fingerprint density at radius 2 is 1.82 bits per heavy atom. The first-order chi connectivity index (χ1) is 20.7. The van der Waals surface area contributed by atoms with Gasteiger partial charge in [0.1, 0.15) is 16.1 Å². The Morgan fingerprint density at radius 1 is 1.07 bits per heavy atom. The third kappa shape index (κ3) is 5.77. The highest BCUT2D eigenvalue weighted by atomic mass is 32.1. The van der Waals surface area contributed by atoms with Crippen molar-refractivity contribution >= 4 is 50.0 Å². The fourth-order valence-corrected chi connectivity index (χ4v) is 7.29. The zero-order valence-corrected chi connectivity index (χ0v) is 25.7. The van der Waals surface area contributed by atoms with Crippen LogP contribution < -0.4 is 15.5 Å². The second-order valence-corrected chi connectivity index (χ2v) is 13.8. The molecule has 9 nitrogen and oxygen atoms in total. The Kier molecular flexibility index (Phi) is 7.44. The molecule has 1 saturated heterocycles. The number of aromatic hydroxyl groups is 1. The van der Waals surface area contributed by atoms with Gasteiger partial charge in [0.05, 0.1) is 16.9 Å². The number of piperidine rings is 1. The van der Waals surface area contributed by atoms with E-state index in [0.29, 0.717) is 41.4 Å². The molecule has 0 saturated carbocycles. The van der Waals surface area contributed by atoms with Gasteiger partial charge in [-0.3, -0.25) is 5.32 Å². The lowest BCUT2D eigenvalue weighted by Crippen LogP contribution is -2.47. The molecule has 0 aliphatic carbocycles.